The minimum absolute atomic E-state index is 0.178. The molecule has 2 heterocycles. The van der Waals surface area contributed by atoms with Crippen molar-refractivity contribution in [1.82, 2.24) is 9.38 Å². The van der Waals surface area contributed by atoms with E-state index in [1.807, 2.05) is 6.92 Å². The molecule has 0 radical (unpaired) electrons. The monoisotopic (exact) mass is 205 g/mol. The number of aryl methyl sites for hydroxylation is 1. The van der Waals surface area contributed by atoms with Crippen LogP contribution in [0.5, 0.6) is 0 Å². The highest BCUT2D eigenvalue weighted by Gasteiger charge is 2.02. The summed E-state index contributed by atoms with van der Waals surface area (Å²) in [5.41, 5.74) is 6.44. The first-order valence-corrected chi connectivity index (χ1v) is 4.66. The van der Waals surface area contributed by atoms with Crippen LogP contribution >= 0.6 is 0 Å². The Labute approximate surface area is 85.2 Å². The van der Waals surface area contributed by atoms with E-state index in [1.165, 1.54) is 10.5 Å². The molecule has 2 aromatic heterocycles. The predicted molar refractivity (Wildman–Crippen MR) is 58.1 cm³/mol. The van der Waals surface area contributed by atoms with E-state index in [0.717, 1.165) is 0 Å². The normalized spacial score (nSPS) is 10.7. The number of pyridine rings is 1. The van der Waals surface area contributed by atoms with Crippen LogP contribution in [0.1, 0.15) is 12.5 Å². The van der Waals surface area contributed by atoms with Gasteiger partial charge in [-0.3, -0.25) is 14.0 Å². The first-order valence-electron chi connectivity index (χ1n) is 4.66. The third kappa shape index (κ3) is 1.52. The number of nitrogens with one attached hydrogen (secondary N) is 1. The molecule has 0 atom stereocenters. The molecule has 0 fully saturated rings. The molecule has 0 spiro atoms. The van der Waals surface area contributed by atoms with Crippen LogP contribution in [0, 0.1) is 0 Å². The van der Waals surface area contributed by atoms with Gasteiger partial charge in [-0.1, -0.05) is 6.92 Å². The second-order valence-electron chi connectivity index (χ2n) is 3.34. The molecule has 0 aliphatic carbocycles. The van der Waals surface area contributed by atoms with E-state index in [9.17, 15) is 9.59 Å². The summed E-state index contributed by atoms with van der Waals surface area (Å²) in [5.74, 6) is 0. The molecule has 5 nitrogen and oxygen atoms in total. The topological polar surface area (TPSA) is 80.4 Å². The van der Waals surface area contributed by atoms with Crippen LogP contribution in [0.2, 0.25) is 0 Å². The minimum Gasteiger partial charge on any atom is -0.398 e. The summed E-state index contributed by atoms with van der Waals surface area (Å²) in [6.07, 6.45) is 2.14. The van der Waals surface area contributed by atoms with Crippen LogP contribution in [0.25, 0.3) is 5.65 Å². The third-order valence-electron chi connectivity index (χ3n) is 2.29. The quantitative estimate of drug-likeness (QED) is 0.694. The van der Waals surface area contributed by atoms with Crippen LogP contribution < -0.4 is 16.9 Å². The van der Waals surface area contributed by atoms with E-state index in [-0.39, 0.29) is 11.1 Å². The standard InChI is InChI=1S/C10H11N3O2/c1-2-6-5-13-8(12-10(6)15)3-7(11)4-9(13)14/h3-5H,2,11H2,1H3,(H,12,15). The van der Waals surface area contributed by atoms with E-state index in [2.05, 4.69) is 4.98 Å². The van der Waals surface area contributed by atoms with Crippen LogP contribution in [0.15, 0.2) is 27.9 Å². The van der Waals surface area contributed by atoms with Gasteiger partial charge in [-0.05, 0) is 6.42 Å². The Balaban J connectivity index is 2.94. The van der Waals surface area contributed by atoms with E-state index < -0.39 is 0 Å². The fraction of sp³-hybridized carbons (Fsp3) is 0.200. The zero-order valence-corrected chi connectivity index (χ0v) is 8.28. The summed E-state index contributed by atoms with van der Waals surface area (Å²) in [6.45, 7) is 1.86. The van der Waals surface area contributed by atoms with Gasteiger partial charge in [0.25, 0.3) is 11.1 Å². The summed E-state index contributed by atoms with van der Waals surface area (Å²) < 4.78 is 1.39. The number of anilines is 1. The first-order chi connectivity index (χ1) is 7.11. The van der Waals surface area contributed by atoms with E-state index in [4.69, 9.17) is 5.73 Å². The second kappa shape index (κ2) is 3.27. The highest BCUT2D eigenvalue weighted by atomic mass is 16.1. The lowest BCUT2D eigenvalue weighted by Gasteiger charge is -2.03. The van der Waals surface area contributed by atoms with Gasteiger partial charge in [-0.25, -0.2) is 0 Å². The number of nitrogen functional groups attached to an aromatic ring is 1. The summed E-state index contributed by atoms with van der Waals surface area (Å²) in [4.78, 5) is 25.6. The van der Waals surface area contributed by atoms with Crippen molar-refractivity contribution >= 4 is 11.3 Å². The minimum atomic E-state index is -0.240. The Hall–Kier alpha value is -2.04. The Bertz CT molecular complexity index is 625. The van der Waals surface area contributed by atoms with Gasteiger partial charge in [-0.2, -0.15) is 0 Å². The lowest BCUT2D eigenvalue weighted by Crippen LogP contribution is -2.21. The molecule has 0 bridgehead atoms. The molecule has 0 saturated heterocycles. The van der Waals surface area contributed by atoms with Crippen LogP contribution in [0.3, 0.4) is 0 Å². The maximum Gasteiger partial charge on any atom is 0.258 e. The number of H-pyrrole nitrogens is 1. The van der Waals surface area contributed by atoms with Crippen molar-refractivity contribution < 1.29 is 0 Å². The highest BCUT2D eigenvalue weighted by Crippen LogP contribution is 2.02. The molecule has 78 valence electrons. The molecule has 0 saturated carbocycles. The number of aromatic amines is 1. The third-order valence-corrected chi connectivity index (χ3v) is 2.29. The van der Waals surface area contributed by atoms with Gasteiger partial charge in [0, 0.05) is 29.6 Å². The Kier molecular flexibility index (Phi) is 2.07. The Morgan fingerprint density at radius 2 is 2.13 bits per heavy atom. The molecule has 0 unspecified atom stereocenters. The molecule has 2 rings (SSSR count). The molecule has 2 aromatic rings. The van der Waals surface area contributed by atoms with Crippen molar-refractivity contribution in [3.63, 3.8) is 0 Å². The molecule has 0 aliphatic heterocycles. The summed E-state index contributed by atoms with van der Waals surface area (Å²) >= 11 is 0. The summed E-state index contributed by atoms with van der Waals surface area (Å²) in [6, 6.07) is 2.88. The van der Waals surface area contributed by atoms with Crippen molar-refractivity contribution in [2.24, 2.45) is 0 Å². The van der Waals surface area contributed by atoms with E-state index in [1.54, 1.807) is 12.3 Å². The first kappa shape index (κ1) is 9.51. The average Bonchev–Trinajstić information content (AvgIpc) is 2.16. The fourth-order valence-electron chi connectivity index (χ4n) is 1.49. The molecule has 3 N–H and O–H groups in total. The van der Waals surface area contributed by atoms with Gasteiger partial charge in [-0.15, -0.1) is 0 Å². The molecule has 0 aliphatic rings. The number of hydrogen-bond donors (Lipinski definition) is 2. The molecular formula is C10H11N3O2. The maximum absolute atomic E-state index is 11.5. The average molecular weight is 205 g/mol. The zero-order chi connectivity index (χ0) is 11.0. The van der Waals surface area contributed by atoms with Crippen LogP contribution in [-0.2, 0) is 6.42 Å². The van der Waals surface area contributed by atoms with Gasteiger partial charge < -0.3 is 10.7 Å². The van der Waals surface area contributed by atoms with Crippen molar-refractivity contribution in [3.8, 4) is 0 Å². The molecule has 0 amide bonds. The van der Waals surface area contributed by atoms with Crippen LogP contribution in [-0.4, -0.2) is 9.38 Å². The lowest BCUT2D eigenvalue weighted by molar-refractivity contribution is 0.963. The van der Waals surface area contributed by atoms with E-state index in [0.29, 0.717) is 23.3 Å². The number of hydrogen-bond acceptors (Lipinski definition) is 3. The largest absolute Gasteiger partial charge is 0.398 e. The Morgan fingerprint density at radius 3 is 2.80 bits per heavy atom. The van der Waals surface area contributed by atoms with Gasteiger partial charge in [0.2, 0.25) is 0 Å². The molecule has 5 heteroatoms. The van der Waals surface area contributed by atoms with E-state index >= 15 is 0 Å². The Morgan fingerprint density at radius 1 is 1.40 bits per heavy atom. The number of fused-ring (bicyclic) bond motifs is 1. The number of nitrogens with two attached hydrogens (primary N) is 1. The van der Waals surface area contributed by atoms with Crippen molar-refractivity contribution in [2.45, 2.75) is 13.3 Å². The zero-order valence-electron chi connectivity index (χ0n) is 8.28. The van der Waals surface area contributed by atoms with Gasteiger partial charge in [0.1, 0.15) is 5.65 Å². The maximum atomic E-state index is 11.5. The molecular weight excluding hydrogens is 194 g/mol. The molecule has 0 aromatic carbocycles. The van der Waals surface area contributed by atoms with Crippen molar-refractivity contribution in [1.29, 1.82) is 0 Å². The van der Waals surface area contributed by atoms with Crippen LogP contribution in [0.4, 0.5) is 5.69 Å². The SMILES string of the molecule is CCc1cn2c(=O)cc(N)cc2[nH]c1=O. The highest BCUT2D eigenvalue weighted by molar-refractivity contribution is 5.51. The van der Waals surface area contributed by atoms with Crippen molar-refractivity contribution in [3.05, 3.63) is 44.6 Å². The fourth-order valence-corrected chi connectivity index (χ4v) is 1.49. The lowest BCUT2D eigenvalue weighted by atomic mass is 10.2. The smallest absolute Gasteiger partial charge is 0.258 e. The number of nitrogens with zero attached hydrogens (tertiary/aromatic N) is 1. The number of rotatable bonds is 1. The predicted octanol–water partition coefficient (Wildman–Crippen LogP) is 0.132. The molecule has 15 heavy (non-hydrogen) atoms. The van der Waals surface area contributed by atoms with Crippen molar-refractivity contribution in [2.75, 3.05) is 5.73 Å². The number of aromatic nitrogens is 2. The van der Waals surface area contributed by atoms with Gasteiger partial charge in [0.05, 0.1) is 0 Å². The summed E-state index contributed by atoms with van der Waals surface area (Å²) in [5, 5.41) is 0. The summed E-state index contributed by atoms with van der Waals surface area (Å²) in [7, 11) is 0. The van der Waals surface area contributed by atoms with Gasteiger partial charge >= 0.3 is 0 Å². The van der Waals surface area contributed by atoms with Gasteiger partial charge in [0.15, 0.2) is 0 Å². The second-order valence-corrected chi connectivity index (χ2v) is 3.34.